The first-order valence-corrected chi connectivity index (χ1v) is 7.12. The third-order valence-electron chi connectivity index (χ3n) is 4.31. The number of benzene rings is 1. The molecular weight excluding hydrogens is 206 g/mol. The number of rotatable bonds is 5. The Morgan fingerprint density at radius 3 is 2.53 bits per heavy atom. The molecule has 1 N–H and O–H groups in total. The highest BCUT2D eigenvalue weighted by atomic mass is 15.0. The lowest BCUT2D eigenvalue weighted by Gasteiger charge is -2.38. The second-order valence-corrected chi connectivity index (χ2v) is 6.02. The van der Waals surface area contributed by atoms with Gasteiger partial charge in [0.05, 0.1) is 0 Å². The van der Waals surface area contributed by atoms with Crippen molar-refractivity contribution in [1.82, 2.24) is 5.32 Å². The summed E-state index contributed by atoms with van der Waals surface area (Å²) >= 11 is 0. The van der Waals surface area contributed by atoms with Crippen LogP contribution in [0.2, 0.25) is 0 Å². The van der Waals surface area contributed by atoms with Crippen LogP contribution in [0.15, 0.2) is 30.3 Å². The van der Waals surface area contributed by atoms with Crippen molar-refractivity contribution < 1.29 is 0 Å². The monoisotopic (exact) mass is 229 g/mol. The molecule has 0 heterocycles. The molecule has 3 rings (SSSR count). The molecular formula is C16H23N. The first-order chi connectivity index (χ1) is 8.31. The zero-order chi connectivity index (χ0) is 11.7. The van der Waals surface area contributed by atoms with Crippen LogP contribution >= 0.6 is 0 Å². The van der Waals surface area contributed by atoms with Gasteiger partial charge in [0, 0.05) is 12.1 Å². The lowest BCUT2D eigenvalue weighted by Crippen LogP contribution is -2.44. The molecule has 17 heavy (non-hydrogen) atoms. The summed E-state index contributed by atoms with van der Waals surface area (Å²) in [5.41, 5.74) is 1.53. The summed E-state index contributed by atoms with van der Waals surface area (Å²) in [6.07, 6.45) is 7.01. The largest absolute Gasteiger partial charge is 0.311 e. The summed E-state index contributed by atoms with van der Waals surface area (Å²) in [6, 6.07) is 12.5. The van der Waals surface area contributed by atoms with E-state index in [-0.39, 0.29) is 0 Å². The van der Waals surface area contributed by atoms with Crippen molar-refractivity contribution in [2.24, 2.45) is 5.92 Å². The van der Waals surface area contributed by atoms with E-state index in [0.29, 0.717) is 0 Å². The van der Waals surface area contributed by atoms with E-state index in [1.165, 1.54) is 37.7 Å². The average molecular weight is 229 g/mol. The summed E-state index contributed by atoms with van der Waals surface area (Å²) in [7, 11) is 0. The summed E-state index contributed by atoms with van der Waals surface area (Å²) in [5.74, 6) is 1.85. The van der Waals surface area contributed by atoms with Crippen LogP contribution < -0.4 is 5.32 Å². The van der Waals surface area contributed by atoms with E-state index in [4.69, 9.17) is 0 Å². The molecule has 1 aromatic rings. The third-order valence-corrected chi connectivity index (χ3v) is 4.31. The molecule has 2 saturated carbocycles. The maximum absolute atomic E-state index is 3.79. The Hall–Kier alpha value is -0.820. The Morgan fingerprint density at radius 2 is 1.88 bits per heavy atom. The van der Waals surface area contributed by atoms with Crippen molar-refractivity contribution in [3.63, 3.8) is 0 Å². The number of hydrogen-bond donors (Lipinski definition) is 1. The molecule has 0 amide bonds. The Balaban J connectivity index is 1.42. The predicted octanol–water partition coefficient (Wildman–Crippen LogP) is 3.71. The number of hydrogen-bond acceptors (Lipinski definition) is 1. The van der Waals surface area contributed by atoms with E-state index < -0.39 is 0 Å². The normalized spacial score (nSPS) is 29.7. The van der Waals surface area contributed by atoms with Crippen LogP contribution in [0.25, 0.3) is 0 Å². The molecule has 2 aliphatic rings. The van der Waals surface area contributed by atoms with Crippen molar-refractivity contribution in [2.75, 3.05) is 0 Å². The van der Waals surface area contributed by atoms with Crippen molar-refractivity contribution in [3.8, 4) is 0 Å². The first kappa shape index (κ1) is 11.3. The predicted molar refractivity (Wildman–Crippen MR) is 72.1 cm³/mol. The molecule has 92 valence electrons. The van der Waals surface area contributed by atoms with Crippen LogP contribution in [0.1, 0.15) is 50.5 Å². The van der Waals surface area contributed by atoms with Gasteiger partial charge in [0.2, 0.25) is 0 Å². The van der Waals surface area contributed by atoms with Crippen molar-refractivity contribution >= 4 is 0 Å². The van der Waals surface area contributed by atoms with Crippen molar-refractivity contribution in [1.29, 1.82) is 0 Å². The molecule has 1 heteroatoms. The van der Waals surface area contributed by atoms with Gasteiger partial charge in [-0.05, 0) is 43.6 Å². The van der Waals surface area contributed by atoms with Gasteiger partial charge in [0.15, 0.2) is 0 Å². The zero-order valence-electron chi connectivity index (χ0n) is 10.7. The van der Waals surface area contributed by atoms with Crippen LogP contribution in [0.3, 0.4) is 0 Å². The fourth-order valence-electron chi connectivity index (χ4n) is 3.08. The molecule has 0 saturated heterocycles. The molecule has 0 spiro atoms. The van der Waals surface area contributed by atoms with Gasteiger partial charge in [-0.2, -0.15) is 0 Å². The van der Waals surface area contributed by atoms with Gasteiger partial charge in [-0.3, -0.25) is 0 Å². The van der Waals surface area contributed by atoms with Gasteiger partial charge in [0.1, 0.15) is 0 Å². The quantitative estimate of drug-likeness (QED) is 0.811. The fraction of sp³-hybridized carbons (Fsp3) is 0.625. The Morgan fingerprint density at radius 1 is 1.18 bits per heavy atom. The summed E-state index contributed by atoms with van der Waals surface area (Å²) in [6.45, 7) is 2.36. The third kappa shape index (κ3) is 2.90. The SMILES string of the molecule is CC(CC1CC1)NC1CC(c2ccccc2)C1. The molecule has 1 unspecified atom stereocenters. The highest BCUT2D eigenvalue weighted by Gasteiger charge is 2.32. The average Bonchev–Trinajstić information content (AvgIpc) is 3.08. The molecule has 2 aliphatic carbocycles. The van der Waals surface area contributed by atoms with Crippen LogP contribution in [0.4, 0.5) is 0 Å². The molecule has 1 aromatic carbocycles. The second-order valence-electron chi connectivity index (χ2n) is 6.02. The standard InChI is InChI=1S/C16H23N/c1-12(9-13-7-8-13)17-16-10-15(11-16)14-5-3-2-4-6-14/h2-6,12-13,15-17H,7-11H2,1H3. The van der Waals surface area contributed by atoms with Crippen LogP contribution in [-0.2, 0) is 0 Å². The van der Waals surface area contributed by atoms with E-state index in [2.05, 4.69) is 42.6 Å². The zero-order valence-corrected chi connectivity index (χ0v) is 10.7. The minimum Gasteiger partial charge on any atom is -0.311 e. The first-order valence-electron chi connectivity index (χ1n) is 7.12. The molecule has 2 fully saturated rings. The molecule has 0 aromatic heterocycles. The van der Waals surface area contributed by atoms with Crippen LogP contribution in [-0.4, -0.2) is 12.1 Å². The maximum Gasteiger partial charge on any atom is 0.00812 e. The van der Waals surface area contributed by atoms with Gasteiger partial charge in [-0.15, -0.1) is 0 Å². The topological polar surface area (TPSA) is 12.0 Å². The maximum atomic E-state index is 3.79. The Kier molecular flexibility index (Phi) is 3.19. The van der Waals surface area contributed by atoms with Gasteiger partial charge in [-0.1, -0.05) is 43.2 Å². The highest BCUT2D eigenvalue weighted by molar-refractivity contribution is 5.22. The summed E-state index contributed by atoms with van der Waals surface area (Å²) in [5, 5.41) is 3.79. The molecule has 1 nitrogen and oxygen atoms in total. The van der Waals surface area contributed by atoms with E-state index in [1.54, 1.807) is 0 Å². The summed E-state index contributed by atoms with van der Waals surface area (Å²) in [4.78, 5) is 0. The fourth-order valence-corrected chi connectivity index (χ4v) is 3.08. The highest BCUT2D eigenvalue weighted by Crippen LogP contribution is 2.38. The number of nitrogens with one attached hydrogen (secondary N) is 1. The van der Waals surface area contributed by atoms with E-state index in [9.17, 15) is 0 Å². The van der Waals surface area contributed by atoms with Crippen molar-refractivity contribution in [2.45, 2.75) is 57.0 Å². The minimum atomic E-state index is 0.726. The molecule has 1 atom stereocenters. The summed E-state index contributed by atoms with van der Waals surface area (Å²) < 4.78 is 0. The van der Waals surface area contributed by atoms with Crippen molar-refractivity contribution in [3.05, 3.63) is 35.9 Å². The minimum absolute atomic E-state index is 0.726. The van der Waals surface area contributed by atoms with E-state index in [1.807, 2.05) is 0 Å². The van der Waals surface area contributed by atoms with Crippen LogP contribution in [0, 0.1) is 5.92 Å². The van der Waals surface area contributed by atoms with E-state index >= 15 is 0 Å². The molecule has 0 aliphatic heterocycles. The van der Waals surface area contributed by atoms with Gasteiger partial charge in [-0.25, -0.2) is 0 Å². The lowest BCUT2D eigenvalue weighted by atomic mass is 9.75. The van der Waals surface area contributed by atoms with Gasteiger partial charge < -0.3 is 5.32 Å². The van der Waals surface area contributed by atoms with E-state index in [0.717, 1.165) is 23.9 Å². The Labute approximate surface area is 105 Å². The lowest BCUT2D eigenvalue weighted by molar-refractivity contribution is 0.262. The second kappa shape index (κ2) is 4.81. The van der Waals surface area contributed by atoms with Gasteiger partial charge >= 0.3 is 0 Å². The van der Waals surface area contributed by atoms with Gasteiger partial charge in [0.25, 0.3) is 0 Å². The Bertz CT molecular complexity index is 349. The smallest absolute Gasteiger partial charge is 0.00812 e. The van der Waals surface area contributed by atoms with Crippen LogP contribution in [0.5, 0.6) is 0 Å². The molecule has 0 bridgehead atoms. The molecule has 0 radical (unpaired) electrons.